The van der Waals surface area contributed by atoms with Crippen molar-refractivity contribution in [1.29, 1.82) is 0 Å². The lowest BCUT2D eigenvalue weighted by Crippen LogP contribution is -2.18. The van der Waals surface area contributed by atoms with Crippen molar-refractivity contribution in [1.82, 2.24) is 10.4 Å². The van der Waals surface area contributed by atoms with Gasteiger partial charge >= 0.3 is 5.97 Å². The van der Waals surface area contributed by atoms with Gasteiger partial charge in [-0.3, -0.25) is 4.79 Å². The highest BCUT2D eigenvalue weighted by molar-refractivity contribution is 6.07. The van der Waals surface area contributed by atoms with Crippen molar-refractivity contribution in [2.75, 3.05) is 7.11 Å². The van der Waals surface area contributed by atoms with Gasteiger partial charge in [-0.2, -0.15) is 5.10 Å². The number of pyridine rings is 1. The number of esters is 1. The fourth-order valence-corrected chi connectivity index (χ4v) is 4.03. The Morgan fingerprint density at radius 1 is 0.946 bits per heavy atom. The molecule has 3 aromatic carbocycles. The number of nitrogens with zero attached hydrogens (tertiary/aromatic N) is 2. The highest BCUT2D eigenvalue weighted by atomic mass is 16.5. The molecular weight excluding hydrogens is 466 g/mol. The van der Waals surface area contributed by atoms with E-state index in [-0.39, 0.29) is 5.91 Å². The number of aryl methyl sites for hydroxylation is 1. The third-order valence-electron chi connectivity index (χ3n) is 5.94. The van der Waals surface area contributed by atoms with Crippen LogP contribution in [0.1, 0.15) is 32.0 Å². The number of para-hydroxylation sites is 1. The van der Waals surface area contributed by atoms with Crippen LogP contribution in [0.3, 0.4) is 0 Å². The quantitative estimate of drug-likeness (QED) is 0.179. The van der Waals surface area contributed by atoms with Gasteiger partial charge in [-0.25, -0.2) is 15.2 Å². The summed E-state index contributed by atoms with van der Waals surface area (Å²) in [5.74, 6) is 0.239. The lowest BCUT2D eigenvalue weighted by atomic mass is 10.0. The van der Waals surface area contributed by atoms with Crippen LogP contribution in [0, 0.1) is 6.92 Å². The largest absolute Gasteiger partial charge is 0.465 e. The minimum atomic E-state index is -0.420. The Bertz CT molecular complexity index is 1640. The van der Waals surface area contributed by atoms with Gasteiger partial charge < -0.3 is 9.15 Å². The predicted molar refractivity (Wildman–Crippen MR) is 142 cm³/mol. The molecule has 0 unspecified atom stereocenters. The molecule has 0 bridgehead atoms. The molecule has 2 aromatic heterocycles. The van der Waals surface area contributed by atoms with E-state index in [1.165, 1.54) is 13.3 Å². The number of nitrogens with one attached hydrogen (secondary N) is 1. The molecular formula is C30H23N3O4. The third-order valence-corrected chi connectivity index (χ3v) is 5.94. The number of hydrogen-bond donors (Lipinski definition) is 1. The van der Waals surface area contributed by atoms with Crippen LogP contribution in [0.15, 0.2) is 101 Å². The molecule has 0 aliphatic heterocycles. The third kappa shape index (κ3) is 5.01. The van der Waals surface area contributed by atoms with Gasteiger partial charge in [0, 0.05) is 16.5 Å². The smallest absolute Gasteiger partial charge is 0.337 e. The van der Waals surface area contributed by atoms with Crippen molar-refractivity contribution >= 4 is 29.0 Å². The Morgan fingerprint density at radius 3 is 2.54 bits per heavy atom. The van der Waals surface area contributed by atoms with Gasteiger partial charge in [0.1, 0.15) is 11.5 Å². The van der Waals surface area contributed by atoms with E-state index in [0.29, 0.717) is 28.3 Å². The standard InChI is InChI=1S/C30H23N3O4/c1-19-12-13-21(30(35)36-2)16-24(19)28-15-14-22(37-28)18-31-33-29(34)25-17-27(20-8-4-3-5-9-20)32-26-11-7-6-10-23(25)26/h3-18H,1-2H3,(H,33,34)/b31-18+. The van der Waals surface area contributed by atoms with Gasteiger partial charge in [0.2, 0.25) is 0 Å². The van der Waals surface area contributed by atoms with Crippen molar-refractivity contribution in [2.45, 2.75) is 6.92 Å². The summed E-state index contributed by atoms with van der Waals surface area (Å²) < 4.78 is 10.7. The van der Waals surface area contributed by atoms with Crippen LogP contribution in [0.25, 0.3) is 33.5 Å². The molecule has 0 radical (unpaired) electrons. The normalized spacial score (nSPS) is 11.1. The zero-order chi connectivity index (χ0) is 25.8. The van der Waals surface area contributed by atoms with E-state index in [2.05, 4.69) is 10.5 Å². The lowest BCUT2D eigenvalue weighted by Gasteiger charge is -2.09. The highest BCUT2D eigenvalue weighted by Gasteiger charge is 2.14. The number of hydrazone groups is 1. The summed E-state index contributed by atoms with van der Waals surface area (Å²) in [5, 5.41) is 4.84. The Hall–Kier alpha value is -5.04. The minimum Gasteiger partial charge on any atom is -0.465 e. The van der Waals surface area contributed by atoms with E-state index in [4.69, 9.17) is 14.1 Å². The molecule has 37 heavy (non-hydrogen) atoms. The number of carbonyl (C=O) groups is 2. The first-order valence-electron chi connectivity index (χ1n) is 11.6. The van der Waals surface area contributed by atoms with Crippen LogP contribution < -0.4 is 5.43 Å². The van der Waals surface area contributed by atoms with Gasteiger partial charge in [0.25, 0.3) is 5.91 Å². The van der Waals surface area contributed by atoms with Crippen molar-refractivity contribution in [3.63, 3.8) is 0 Å². The minimum absolute atomic E-state index is 0.361. The van der Waals surface area contributed by atoms with Crippen molar-refractivity contribution in [2.24, 2.45) is 5.10 Å². The maximum atomic E-state index is 13.1. The van der Waals surface area contributed by atoms with Crippen LogP contribution in [0.4, 0.5) is 0 Å². The second kappa shape index (κ2) is 10.3. The van der Waals surface area contributed by atoms with Crippen molar-refractivity contribution < 1.29 is 18.7 Å². The van der Waals surface area contributed by atoms with Crippen LogP contribution >= 0.6 is 0 Å². The van der Waals surface area contributed by atoms with Crippen molar-refractivity contribution in [3.8, 4) is 22.6 Å². The maximum absolute atomic E-state index is 13.1. The zero-order valence-corrected chi connectivity index (χ0v) is 20.3. The summed E-state index contributed by atoms with van der Waals surface area (Å²) in [5.41, 5.74) is 7.54. The van der Waals surface area contributed by atoms with Crippen molar-refractivity contribution in [3.05, 3.63) is 113 Å². The molecule has 0 aliphatic carbocycles. The molecule has 0 atom stereocenters. The fourth-order valence-electron chi connectivity index (χ4n) is 4.03. The van der Waals surface area contributed by atoms with Gasteiger partial charge in [0.15, 0.2) is 0 Å². The zero-order valence-electron chi connectivity index (χ0n) is 20.3. The fraction of sp³-hybridized carbons (Fsp3) is 0.0667. The summed E-state index contributed by atoms with van der Waals surface area (Å²) in [6.45, 7) is 1.93. The summed E-state index contributed by atoms with van der Waals surface area (Å²) >= 11 is 0. The number of methoxy groups -OCH3 is 1. The van der Waals surface area contributed by atoms with Crippen LogP contribution in [0.2, 0.25) is 0 Å². The van der Waals surface area contributed by atoms with E-state index in [1.807, 2.05) is 67.6 Å². The summed E-state index contributed by atoms with van der Waals surface area (Å²) in [6.07, 6.45) is 1.43. The Balaban J connectivity index is 1.38. The number of benzene rings is 3. The Kier molecular flexibility index (Phi) is 6.59. The molecule has 7 heteroatoms. The summed E-state index contributed by atoms with van der Waals surface area (Å²) in [6, 6.07) is 27.8. The van der Waals surface area contributed by atoms with Gasteiger partial charge in [-0.15, -0.1) is 0 Å². The number of rotatable bonds is 6. The topological polar surface area (TPSA) is 93.8 Å². The molecule has 0 fully saturated rings. The highest BCUT2D eigenvalue weighted by Crippen LogP contribution is 2.27. The molecule has 5 rings (SSSR count). The molecule has 0 aliphatic rings. The molecule has 0 saturated carbocycles. The predicted octanol–water partition coefficient (Wildman–Crippen LogP) is 6.02. The molecule has 1 amide bonds. The molecule has 0 spiro atoms. The monoisotopic (exact) mass is 489 g/mol. The first-order valence-corrected chi connectivity index (χ1v) is 11.6. The summed E-state index contributed by atoms with van der Waals surface area (Å²) in [7, 11) is 1.34. The number of carbonyl (C=O) groups excluding carboxylic acids is 2. The van der Waals surface area contributed by atoms with Gasteiger partial charge in [0.05, 0.1) is 35.7 Å². The summed E-state index contributed by atoms with van der Waals surface area (Å²) in [4.78, 5) is 29.7. The second-order valence-corrected chi connectivity index (χ2v) is 8.36. The average Bonchev–Trinajstić information content (AvgIpc) is 3.41. The SMILES string of the molecule is COC(=O)c1ccc(C)c(-c2ccc(/C=N/NC(=O)c3cc(-c4ccccc4)nc4ccccc34)o2)c1. The number of furan rings is 1. The number of aromatic nitrogens is 1. The van der Waals surface area contributed by atoms with Gasteiger partial charge in [-0.1, -0.05) is 54.6 Å². The van der Waals surface area contributed by atoms with Gasteiger partial charge in [-0.05, 0) is 48.9 Å². The lowest BCUT2D eigenvalue weighted by molar-refractivity contribution is 0.0600. The first-order chi connectivity index (χ1) is 18.0. The number of amides is 1. The molecule has 182 valence electrons. The van der Waals surface area contributed by atoms with E-state index < -0.39 is 5.97 Å². The average molecular weight is 490 g/mol. The number of ether oxygens (including phenoxy) is 1. The second-order valence-electron chi connectivity index (χ2n) is 8.36. The maximum Gasteiger partial charge on any atom is 0.337 e. The van der Waals surface area contributed by atoms with E-state index in [0.717, 1.165) is 27.6 Å². The molecule has 5 aromatic rings. The first kappa shape index (κ1) is 23.7. The molecule has 7 nitrogen and oxygen atoms in total. The number of fused-ring (bicyclic) bond motifs is 1. The van der Waals surface area contributed by atoms with E-state index >= 15 is 0 Å². The molecule has 2 heterocycles. The Morgan fingerprint density at radius 2 is 1.73 bits per heavy atom. The van der Waals surface area contributed by atoms with Crippen LogP contribution in [0.5, 0.6) is 0 Å². The number of hydrogen-bond acceptors (Lipinski definition) is 6. The van der Waals surface area contributed by atoms with E-state index in [1.54, 1.807) is 30.3 Å². The molecule has 0 saturated heterocycles. The van der Waals surface area contributed by atoms with Crippen LogP contribution in [-0.2, 0) is 4.74 Å². The molecule has 1 N–H and O–H groups in total. The van der Waals surface area contributed by atoms with E-state index in [9.17, 15) is 9.59 Å². The Labute approximate surface area is 213 Å². The van der Waals surface area contributed by atoms with Crippen LogP contribution in [-0.4, -0.2) is 30.2 Å².